The SMILES string of the molecule is CCN(CC)c1ccc2cccc(C)c2n1. The molecule has 2 rings (SSSR count). The van der Waals surface area contributed by atoms with Gasteiger partial charge < -0.3 is 4.90 Å². The molecule has 0 N–H and O–H groups in total. The van der Waals surface area contributed by atoms with Crippen LogP contribution in [0, 0.1) is 6.92 Å². The predicted molar refractivity (Wildman–Crippen MR) is 70.0 cm³/mol. The lowest BCUT2D eigenvalue weighted by Crippen LogP contribution is -2.22. The number of hydrogen-bond acceptors (Lipinski definition) is 2. The maximum atomic E-state index is 4.74. The largest absolute Gasteiger partial charge is 0.357 e. The van der Waals surface area contributed by atoms with Crippen LogP contribution in [-0.2, 0) is 0 Å². The molecule has 0 bridgehead atoms. The molecule has 2 nitrogen and oxygen atoms in total. The third kappa shape index (κ3) is 1.87. The Balaban J connectivity index is 2.54. The fraction of sp³-hybridized carbons (Fsp3) is 0.357. The van der Waals surface area contributed by atoms with Crippen LogP contribution in [-0.4, -0.2) is 18.1 Å². The summed E-state index contributed by atoms with van der Waals surface area (Å²) in [6.45, 7) is 8.43. The van der Waals surface area contributed by atoms with Crippen molar-refractivity contribution in [3.05, 3.63) is 35.9 Å². The Morgan fingerprint density at radius 1 is 1.06 bits per heavy atom. The Kier molecular flexibility index (Phi) is 3.09. The number of aromatic nitrogens is 1. The van der Waals surface area contributed by atoms with Gasteiger partial charge in [-0.05, 0) is 38.5 Å². The van der Waals surface area contributed by atoms with E-state index in [1.807, 2.05) is 0 Å². The molecule has 0 saturated carbocycles. The van der Waals surface area contributed by atoms with Crippen molar-refractivity contribution in [3.8, 4) is 0 Å². The molecular formula is C14H18N2. The summed E-state index contributed by atoms with van der Waals surface area (Å²) in [5.41, 5.74) is 2.36. The normalized spacial score (nSPS) is 10.7. The molecule has 0 aliphatic heterocycles. The molecule has 84 valence electrons. The summed E-state index contributed by atoms with van der Waals surface area (Å²) in [5.74, 6) is 1.08. The van der Waals surface area contributed by atoms with E-state index in [2.05, 4.69) is 56.0 Å². The van der Waals surface area contributed by atoms with E-state index in [9.17, 15) is 0 Å². The first-order valence-electron chi connectivity index (χ1n) is 5.87. The highest BCUT2D eigenvalue weighted by molar-refractivity contribution is 5.83. The predicted octanol–water partition coefficient (Wildman–Crippen LogP) is 3.39. The van der Waals surface area contributed by atoms with Crippen LogP contribution in [0.25, 0.3) is 10.9 Å². The minimum atomic E-state index is 1.00. The van der Waals surface area contributed by atoms with E-state index >= 15 is 0 Å². The number of benzene rings is 1. The molecule has 0 fully saturated rings. The van der Waals surface area contributed by atoms with Gasteiger partial charge in [0, 0.05) is 18.5 Å². The first-order valence-corrected chi connectivity index (χ1v) is 5.87. The van der Waals surface area contributed by atoms with Gasteiger partial charge >= 0.3 is 0 Å². The topological polar surface area (TPSA) is 16.1 Å². The molecule has 0 amide bonds. The van der Waals surface area contributed by atoms with Crippen LogP contribution in [0.1, 0.15) is 19.4 Å². The minimum absolute atomic E-state index is 1.00. The van der Waals surface area contributed by atoms with E-state index in [0.717, 1.165) is 24.4 Å². The molecule has 0 saturated heterocycles. The van der Waals surface area contributed by atoms with Crippen molar-refractivity contribution in [1.29, 1.82) is 0 Å². The monoisotopic (exact) mass is 214 g/mol. The lowest BCUT2D eigenvalue weighted by Gasteiger charge is -2.20. The molecule has 0 spiro atoms. The highest BCUT2D eigenvalue weighted by Crippen LogP contribution is 2.20. The zero-order valence-corrected chi connectivity index (χ0v) is 10.2. The maximum Gasteiger partial charge on any atom is 0.129 e. The average molecular weight is 214 g/mol. The van der Waals surface area contributed by atoms with Crippen LogP contribution < -0.4 is 4.90 Å². The Hall–Kier alpha value is -1.57. The Morgan fingerprint density at radius 3 is 2.50 bits per heavy atom. The van der Waals surface area contributed by atoms with Gasteiger partial charge in [0.1, 0.15) is 5.82 Å². The highest BCUT2D eigenvalue weighted by atomic mass is 15.2. The molecule has 0 unspecified atom stereocenters. The second-order valence-electron chi connectivity index (χ2n) is 3.99. The molecule has 16 heavy (non-hydrogen) atoms. The standard InChI is InChI=1S/C14H18N2/c1-4-16(5-2)13-10-9-12-8-6-7-11(3)14(12)15-13/h6-10H,4-5H2,1-3H3. The van der Waals surface area contributed by atoms with E-state index < -0.39 is 0 Å². The van der Waals surface area contributed by atoms with Gasteiger partial charge in [-0.3, -0.25) is 0 Å². The maximum absolute atomic E-state index is 4.74. The number of anilines is 1. The molecule has 1 aromatic heterocycles. The van der Waals surface area contributed by atoms with Crippen molar-refractivity contribution in [2.24, 2.45) is 0 Å². The van der Waals surface area contributed by atoms with Crippen molar-refractivity contribution >= 4 is 16.7 Å². The summed E-state index contributed by atoms with van der Waals surface area (Å²) in [5, 5.41) is 1.22. The van der Waals surface area contributed by atoms with E-state index in [-0.39, 0.29) is 0 Å². The van der Waals surface area contributed by atoms with Gasteiger partial charge in [0.25, 0.3) is 0 Å². The fourth-order valence-electron chi connectivity index (χ4n) is 2.01. The minimum Gasteiger partial charge on any atom is -0.357 e. The van der Waals surface area contributed by atoms with Crippen molar-refractivity contribution in [3.63, 3.8) is 0 Å². The zero-order valence-electron chi connectivity index (χ0n) is 10.2. The van der Waals surface area contributed by atoms with Crippen molar-refractivity contribution in [1.82, 2.24) is 4.98 Å². The van der Waals surface area contributed by atoms with Crippen LogP contribution in [0.5, 0.6) is 0 Å². The first-order chi connectivity index (χ1) is 7.76. The van der Waals surface area contributed by atoms with E-state index in [4.69, 9.17) is 4.98 Å². The number of nitrogens with zero attached hydrogens (tertiary/aromatic N) is 2. The number of para-hydroxylation sites is 1. The Bertz CT molecular complexity index is 487. The molecular weight excluding hydrogens is 196 g/mol. The summed E-state index contributed by atoms with van der Waals surface area (Å²) >= 11 is 0. The fourth-order valence-corrected chi connectivity index (χ4v) is 2.01. The second-order valence-corrected chi connectivity index (χ2v) is 3.99. The molecule has 0 radical (unpaired) electrons. The number of hydrogen-bond donors (Lipinski definition) is 0. The van der Waals surface area contributed by atoms with Crippen LogP contribution in [0.3, 0.4) is 0 Å². The molecule has 0 atom stereocenters. The van der Waals surface area contributed by atoms with E-state index in [0.29, 0.717) is 0 Å². The van der Waals surface area contributed by atoms with Crippen molar-refractivity contribution < 1.29 is 0 Å². The molecule has 2 heteroatoms. The summed E-state index contributed by atoms with van der Waals surface area (Å²) in [4.78, 5) is 7.01. The van der Waals surface area contributed by atoms with Gasteiger partial charge in [-0.15, -0.1) is 0 Å². The number of aryl methyl sites for hydroxylation is 1. The van der Waals surface area contributed by atoms with Crippen LogP contribution in [0.4, 0.5) is 5.82 Å². The van der Waals surface area contributed by atoms with Gasteiger partial charge in [0.05, 0.1) is 5.52 Å². The zero-order chi connectivity index (χ0) is 11.5. The second kappa shape index (κ2) is 4.52. The average Bonchev–Trinajstić information content (AvgIpc) is 2.32. The number of pyridine rings is 1. The van der Waals surface area contributed by atoms with Gasteiger partial charge in [0.15, 0.2) is 0 Å². The molecule has 1 heterocycles. The van der Waals surface area contributed by atoms with E-state index in [1.54, 1.807) is 0 Å². The van der Waals surface area contributed by atoms with Crippen LogP contribution in [0.15, 0.2) is 30.3 Å². The van der Waals surface area contributed by atoms with E-state index in [1.165, 1.54) is 10.9 Å². The molecule has 2 aromatic rings. The molecule has 0 aliphatic carbocycles. The third-order valence-electron chi connectivity index (χ3n) is 2.99. The van der Waals surface area contributed by atoms with Crippen molar-refractivity contribution in [2.45, 2.75) is 20.8 Å². The highest BCUT2D eigenvalue weighted by Gasteiger charge is 2.05. The quantitative estimate of drug-likeness (QED) is 0.778. The first kappa shape index (κ1) is 10.9. The van der Waals surface area contributed by atoms with Crippen LogP contribution in [0.2, 0.25) is 0 Å². The number of rotatable bonds is 3. The third-order valence-corrected chi connectivity index (χ3v) is 2.99. The molecule has 0 aliphatic rings. The Labute approximate surface area is 96.9 Å². The summed E-state index contributed by atoms with van der Waals surface area (Å²) < 4.78 is 0. The Morgan fingerprint density at radius 2 is 1.81 bits per heavy atom. The summed E-state index contributed by atoms with van der Waals surface area (Å²) in [7, 11) is 0. The summed E-state index contributed by atoms with van der Waals surface area (Å²) in [6.07, 6.45) is 0. The van der Waals surface area contributed by atoms with Gasteiger partial charge in [0.2, 0.25) is 0 Å². The number of fused-ring (bicyclic) bond motifs is 1. The van der Waals surface area contributed by atoms with Crippen LogP contribution >= 0.6 is 0 Å². The van der Waals surface area contributed by atoms with Gasteiger partial charge in [-0.25, -0.2) is 4.98 Å². The molecule has 1 aromatic carbocycles. The lowest BCUT2D eigenvalue weighted by atomic mass is 10.1. The van der Waals surface area contributed by atoms with Crippen molar-refractivity contribution in [2.75, 3.05) is 18.0 Å². The van der Waals surface area contributed by atoms with Gasteiger partial charge in [-0.1, -0.05) is 18.2 Å². The summed E-state index contributed by atoms with van der Waals surface area (Å²) in [6, 6.07) is 10.6. The lowest BCUT2D eigenvalue weighted by molar-refractivity contribution is 0.849. The van der Waals surface area contributed by atoms with Gasteiger partial charge in [-0.2, -0.15) is 0 Å². The smallest absolute Gasteiger partial charge is 0.129 e.